The van der Waals surface area contributed by atoms with Crippen LogP contribution in [0.1, 0.15) is 11.1 Å². The number of rotatable bonds is 7. The molecule has 2 aromatic rings. The Morgan fingerprint density at radius 1 is 1.29 bits per heavy atom. The third kappa shape index (κ3) is 5.54. The second-order valence-electron chi connectivity index (χ2n) is 5.05. The Bertz CT molecular complexity index is 753. The number of aromatic nitrogens is 1. The summed E-state index contributed by atoms with van der Waals surface area (Å²) in [5.74, 6) is -0.741. The number of amides is 1. The molecular formula is C18H17FN4O. The predicted molar refractivity (Wildman–Crippen MR) is 87.9 cm³/mol. The highest BCUT2D eigenvalue weighted by molar-refractivity contribution is 5.97. The van der Waals surface area contributed by atoms with Gasteiger partial charge < -0.3 is 10.6 Å². The molecule has 0 unspecified atom stereocenters. The monoisotopic (exact) mass is 324 g/mol. The highest BCUT2D eigenvalue weighted by Gasteiger charge is 2.08. The van der Waals surface area contributed by atoms with Gasteiger partial charge in [0.25, 0.3) is 5.91 Å². The summed E-state index contributed by atoms with van der Waals surface area (Å²) in [6.45, 7) is 0.791. The number of nitrogens with zero attached hydrogens (tertiary/aromatic N) is 2. The first-order valence-corrected chi connectivity index (χ1v) is 7.44. The molecule has 0 radical (unpaired) electrons. The maximum absolute atomic E-state index is 13.1. The maximum atomic E-state index is 13.1. The molecule has 1 aromatic carbocycles. The fourth-order valence-corrected chi connectivity index (χ4v) is 2.01. The molecule has 1 aromatic heterocycles. The number of hydrogen-bond acceptors (Lipinski definition) is 4. The summed E-state index contributed by atoms with van der Waals surface area (Å²) in [7, 11) is 0. The van der Waals surface area contributed by atoms with Crippen molar-refractivity contribution >= 4 is 5.91 Å². The molecule has 24 heavy (non-hydrogen) atoms. The molecule has 0 aliphatic rings. The van der Waals surface area contributed by atoms with Crippen LogP contribution in [0.4, 0.5) is 4.39 Å². The lowest BCUT2D eigenvalue weighted by Crippen LogP contribution is -2.25. The van der Waals surface area contributed by atoms with Gasteiger partial charge in [0, 0.05) is 31.7 Å². The van der Waals surface area contributed by atoms with Gasteiger partial charge in [-0.1, -0.05) is 18.2 Å². The van der Waals surface area contributed by atoms with E-state index in [1.165, 1.54) is 18.3 Å². The van der Waals surface area contributed by atoms with Gasteiger partial charge in [0.05, 0.1) is 0 Å². The molecule has 5 nitrogen and oxygen atoms in total. The normalized spacial score (nSPS) is 10.8. The number of carbonyl (C=O) groups excluding carboxylic acids is 1. The molecule has 0 aliphatic carbocycles. The van der Waals surface area contributed by atoms with Crippen LogP contribution in [0.15, 0.2) is 60.6 Å². The smallest absolute Gasteiger partial charge is 0.263 e. The molecule has 2 N–H and O–H groups in total. The molecule has 0 atom stereocenters. The van der Waals surface area contributed by atoms with Crippen molar-refractivity contribution < 1.29 is 9.18 Å². The van der Waals surface area contributed by atoms with Gasteiger partial charge in [0.15, 0.2) is 0 Å². The molecule has 1 amide bonds. The fourth-order valence-electron chi connectivity index (χ4n) is 2.01. The number of benzene rings is 1. The Hall–Kier alpha value is -3.20. The summed E-state index contributed by atoms with van der Waals surface area (Å²) >= 11 is 0. The van der Waals surface area contributed by atoms with Crippen LogP contribution in [0.2, 0.25) is 0 Å². The SMILES string of the molecule is N#C/C(=C/NCCc1cccc(F)c1)C(=O)NCc1cccnc1. The van der Waals surface area contributed by atoms with Crippen molar-refractivity contribution in [2.75, 3.05) is 6.54 Å². The lowest BCUT2D eigenvalue weighted by Gasteiger charge is -2.05. The highest BCUT2D eigenvalue weighted by atomic mass is 19.1. The third-order valence-corrected chi connectivity index (χ3v) is 3.23. The van der Waals surface area contributed by atoms with Crippen LogP contribution in [0, 0.1) is 17.1 Å². The minimum Gasteiger partial charge on any atom is -0.389 e. The number of halogens is 1. The lowest BCUT2D eigenvalue weighted by molar-refractivity contribution is -0.117. The van der Waals surface area contributed by atoms with Gasteiger partial charge in [-0.15, -0.1) is 0 Å². The molecule has 0 aliphatic heterocycles. The van der Waals surface area contributed by atoms with Crippen molar-refractivity contribution in [2.24, 2.45) is 0 Å². The molecular weight excluding hydrogens is 307 g/mol. The second-order valence-corrected chi connectivity index (χ2v) is 5.05. The molecule has 6 heteroatoms. The Balaban J connectivity index is 1.80. The molecule has 0 fully saturated rings. The number of nitrogens with one attached hydrogen (secondary N) is 2. The predicted octanol–water partition coefficient (Wildman–Crippen LogP) is 2.08. The van der Waals surface area contributed by atoms with E-state index in [9.17, 15) is 9.18 Å². The molecule has 0 saturated heterocycles. The zero-order valence-corrected chi connectivity index (χ0v) is 13.0. The molecule has 1 heterocycles. The zero-order valence-electron chi connectivity index (χ0n) is 13.0. The minimum atomic E-state index is -0.459. The first-order valence-electron chi connectivity index (χ1n) is 7.44. The van der Waals surface area contributed by atoms with E-state index in [1.807, 2.05) is 18.2 Å². The summed E-state index contributed by atoms with van der Waals surface area (Å²) in [5.41, 5.74) is 1.68. The molecule has 0 bridgehead atoms. The van der Waals surface area contributed by atoms with Crippen molar-refractivity contribution in [3.63, 3.8) is 0 Å². The quantitative estimate of drug-likeness (QED) is 0.464. The molecule has 2 rings (SSSR count). The van der Waals surface area contributed by atoms with Crippen molar-refractivity contribution in [1.29, 1.82) is 5.26 Å². The topological polar surface area (TPSA) is 77.8 Å². The summed E-state index contributed by atoms with van der Waals surface area (Å²) in [4.78, 5) is 15.9. The van der Waals surface area contributed by atoms with Crippen molar-refractivity contribution in [3.05, 3.63) is 77.5 Å². The molecule has 0 spiro atoms. The van der Waals surface area contributed by atoms with E-state index in [-0.39, 0.29) is 11.4 Å². The largest absolute Gasteiger partial charge is 0.389 e. The lowest BCUT2D eigenvalue weighted by atomic mass is 10.1. The Morgan fingerprint density at radius 3 is 2.83 bits per heavy atom. The van der Waals surface area contributed by atoms with E-state index < -0.39 is 5.91 Å². The Labute approximate surface area is 139 Å². The van der Waals surface area contributed by atoms with Crippen LogP contribution in [0.5, 0.6) is 0 Å². The average molecular weight is 324 g/mol. The Morgan fingerprint density at radius 2 is 2.12 bits per heavy atom. The number of carbonyl (C=O) groups is 1. The van der Waals surface area contributed by atoms with Crippen LogP contribution in [-0.4, -0.2) is 17.4 Å². The van der Waals surface area contributed by atoms with Crippen LogP contribution in [0.25, 0.3) is 0 Å². The van der Waals surface area contributed by atoms with Crippen LogP contribution in [0.3, 0.4) is 0 Å². The van der Waals surface area contributed by atoms with Gasteiger partial charge >= 0.3 is 0 Å². The van der Waals surface area contributed by atoms with Gasteiger partial charge in [-0.3, -0.25) is 9.78 Å². The van der Waals surface area contributed by atoms with Gasteiger partial charge in [0.2, 0.25) is 0 Å². The maximum Gasteiger partial charge on any atom is 0.263 e. The van der Waals surface area contributed by atoms with Crippen LogP contribution in [-0.2, 0) is 17.8 Å². The molecule has 0 saturated carbocycles. The van der Waals surface area contributed by atoms with Crippen molar-refractivity contribution in [3.8, 4) is 6.07 Å². The van der Waals surface area contributed by atoms with Crippen LogP contribution >= 0.6 is 0 Å². The summed E-state index contributed by atoms with van der Waals surface area (Å²) < 4.78 is 13.1. The zero-order chi connectivity index (χ0) is 17.2. The average Bonchev–Trinajstić information content (AvgIpc) is 2.61. The van der Waals surface area contributed by atoms with E-state index in [0.717, 1.165) is 11.1 Å². The summed E-state index contributed by atoms with van der Waals surface area (Å²) in [6, 6.07) is 11.8. The fraction of sp³-hybridized carbons (Fsp3) is 0.167. The van der Waals surface area contributed by atoms with E-state index >= 15 is 0 Å². The number of hydrogen-bond donors (Lipinski definition) is 2. The van der Waals surface area contributed by atoms with E-state index in [2.05, 4.69) is 15.6 Å². The van der Waals surface area contributed by atoms with Gasteiger partial charge in [-0.05, 0) is 35.7 Å². The number of nitriles is 1. The highest BCUT2D eigenvalue weighted by Crippen LogP contribution is 2.03. The summed E-state index contributed by atoms with van der Waals surface area (Å²) in [5, 5.41) is 14.6. The standard InChI is InChI=1S/C18H17FN4O/c19-17-5-1-3-14(9-17)6-8-22-13-16(10-20)18(24)23-12-15-4-2-7-21-11-15/h1-5,7,9,11,13,22H,6,8,12H2,(H,23,24)/b16-13-. The van der Waals surface area contributed by atoms with E-state index in [4.69, 9.17) is 5.26 Å². The third-order valence-electron chi connectivity index (χ3n) is 3.23. The van der Waals surface area contributed by atoms with E-state index in [1.54, 1.807) is 24.5 Å². The van der Waals surface area contributed by atoms with Gasteiger partial charge in [-0.25, -0.2) is 4.39 Å². The second kappa shape index (κ2) is 9.06. The Kier molecular flexibility index (Phi) is 6.47. The van der Waals surface area contributed by atoms with Crippen LogP contribution < -0.4 is 10.6 Å². The van der Waals surface area contributed by atoms with Gasteiger partial charge in [-0.2, -0.15) is 5.26 Å². The number of pyridine rings is 1. The van der Waals surface area contributed by atoms with Crippen molar-refractivity contribution in [1.82, 2.24) is 15.6 Å². The first kappa shape index (κ1) is 17.2. The molecule has 122 valence electrons. The van der Waals surface area contributed by atoms with Gasteiger partial charge in [0.1, 0.15) is 17.5 Å². The minimum absolute atomic E-state index is 0.0156. The van der Waals surface area contributed by atoms with Crippen molar-refractivity contribution in [2.45, 2.75) is 13.0 Å². The van der Waals surface area contributed by atoms with E-state index in [0.29, 0.717) is 19.5 Å². The summed E-state index contributed by atoms with van der Waals surface area (Å²) in [6.07, 6.45) is 5.25. The first-order chi connectivity index (χ1) is 11.7.